The molecule has 0 saturated heterocycles. The molecule has 0 aliphatic heterocycles. The Bertz CT molecular complexity index is 746. The van der Waals surface area contributed by atoms with E-state index < -0.39 is 0 Å². The van der Waals surface area contributed by atoms with Crippen LogP contribution >= 0.6 is 0 Å². The van der Waals surface area contributed by atoms with Crippen molar-refractivity contribution in [3.63, 3.8) is 0 Å². The molecule has 31 heavy (non-hydrogen) atoms. The van der Waals surface area contributed by atoms with Gasteiger partial charge in [-0.25, -0.2) is 0 Å². The fraction of sp³-hybridized carbons (Fsp3) is 0.750. The summed E-state index contributed by atoms with van der Waals surface area (Å²) < 4.78 is 0. The molecule has 1 atom stereocenters. The van der Waals surface area contributed by atoms with Gasteiger partial charge in [-0.1, -0.05) is 52.5 Å². The molecule has 3 nitrogen and oxygen atoms in total. The third-order valence-electron chi connectivity index (χ3n) is 8.18. The molecule has 0 amide bonds. The fourth-order valence-electron chi connectivity index (χ4n) is 6.81. The van der Waals surface area contributed by atoms with Crippen molar-refractivity contribution in [1.29, 1.82) is 5.26 Å². The van der Waals surface area contributed by atoms with E-state index in [9.17, 15) is 5.26 Å². The monoisotopic (exact) mass is 423 g/mol. The molecule has 2 N–H and O–H groups in total. The number of hydrogen-bond donors (Lipinski definition) is 1. The maximum atomic E-state index is 9.54. The van der Waals surface area contributed by atoms with Crippen molar-refractivity contribution in [2.24, 2.45) is 40.2 Å². The maximum absolute atomic E-state index is 9.54. The van der Waals surface area contributed by atoms with E-state index in [4.69, 9.17) is 5.73 Å². The predicted molar refractivity (Wildman–Crippen MR) is 132 cm³/mol. The number of hydrogen-bond acceptors (Lipinski definition) is 3. The average molecular weight is 424 g/mol. The first-order chi connectivity index (χ1) is 14.4. The second-order valence-electron chi connectivity index (χ2n) is 11.5. The highest BCUT2D eigenvalue weighted by Crippen LogP contribution is 2.62. The summed E-state index contributed by atoms with van der Waals surface area (Å²) in [6.45, 7) is 18.4. The number of nitrogens with two attached hydrogens (primary N) is 1. The summed E-state index contributed by atoms with van der Waals surface area (Å²) in [6, 6.07) is 2.89. The lowest BCUT2D eigenvalue weighted by Crippen LogP contribution is -2.69. The van der Waals surface area contributed by atoms with Gasteiger partial charge in [0.15, 0.2) is 0 Å². The number of nitriles is 1. The molecule has 0 aromatic rings. The first kappa shape index (κ1) is 25.5. The lowest BCUT2D eigenvalue weighted by atomic mass is 9.42. The minimum Gasteiger partial charge on any atom is -0.400 e. The van der Waals surface area contributed by atoms with Crippen LogP contribution in [-0.2, 0) is 0 Å². The van der Waals surface area contributed by atoms with Crippen LogP contribution in [0.15, 0.2) is 23.9 Å². The van der Waals surface area contributed by atoms with Crippen molar-refractivity contribution in [2.45, 2.75) is 86.1 Å². The Kier molecular flexibility index (Phi) is 8.47. The van der Waals surface area contributed by atoms with Crippen LogP contribution < -0.4 is 5.73 Å². The average Bonchev–Trinajstić information content (AvgIpc) is 2.69. The molecular weight excluding hydrogens is 378 g/mol. The van der Waals surface area contributed by atoms with E-state index >= 15 is 0 Å². The first-order valence-electron chi connectivity index (χ1n) is 12.1. The van der Waals surface area contributed by atoms with Gasteiger partial charge in [0.25, 0.3) is 0 Å². The Balaban J connectivity index is 2.05. The quantitative estimate of drug-likeness (QED) is 0.395. The summed E-state index contributed by atoms with van der Waals surface area (Å²) in [5.74, 6) is 8.80. The van der Waals surface area contributed by atoms with Gasteiger partial charge in [0.1, 0.15) is 0 Å². The number of allylic oxidation sites excluding steroid dienone is 2. The number of rotatable bonds is 7. The Labute approximate surface area is 192 Å². The van der Waals surface area contributed by atoms with Gasteiger partial charge >= 0.3 is 0 Å². The third-order valence-corrected chi connectivity index (χ3v) is 8.18. The SMILES string of the molecule is C=CCC(C#N)CC1C(C)(C)C(N(C)C/C(N)=C(\C)C#CC2CCC(C)CC2)C1(C)C. The van der Waals surface area contributed by atoms with Crippen molar-refractivity contribution < 1.29 is 0 Å². The highest BCUT2D eigenvalue weighted by Gasteiger charge is 2.62. The van der Waals surface area contributed by atoms with Gasteiger partial charge in [-0.2, -0.15) is 5.26 Å². The van der Waals surface area contributed by atoms with Crippen LogP contribution in [0.3, 0.4) is 0 Å². The first-order valence-corrected chi connectivity index (χ1v) is 12.1. The smallest absolute Gasteiger partial charge is 0.0659 e. The highest BCUT2D eigenvalue weighted by molar-refractivity contribution is 5.32. The fourth-order valence-corrected chi connectivity index (χ4v) is 6.81. The van der Waals surface area contributed by atoms with Gasteiger partial charge in [0.2, 0.25) is 0 Å². The van der Waals surface area contributed by atoms with E-state index in [-0.39, 0.29) is 16.7 Å². The van der Waals surface area contributed by atoms with Gasteiger partial charge < -0.3 is 5.73 Å². The Hall–Kier alpha value is -1.71. The molecule has 3 heteroatoms. The van der Waals surface area contributed by atoms with E-state index in [1.807, 2.05) is 6.08 Å². The summed E-state index contributed by atoms with van der Waals surface area (Å²) in [7, 11) is 2.19. The topological polar surface area (TPSA) is 53.0 Å². The van der Waals surface area contributed by atoms with Crippen LogP contribution in [0.2, 0.25) is 0 Å². The van der Waals surface area contributed by atoms with Crippen LogP contribution in [0.5, 0.6) is 0 Å². The molecule has 0 spiro atoms. The van der Waals surface area contributed by atoms with Crippen molar-refractivity contribution >= 4 is 0 Å². The Morgan fingerprint density at radius 3 is 2.29 bits per heavy atom. The van der Waals surface area contributed by atoms with Crippen LogP contribution in [-0.4, -0.2) is 24.5 Å². The molecule has 2 aliphatic carbocycles. The van der Waals surface area contributed by atoms with Gasteiger partial charge in [-0.05, 0) is 75.2 Å². The summed E-state index contributed by atoms with van der Waals surface area (Å²) in [5.41, 5.74) is 8.68. The lowest BCUT2D eigenvalue weighted by molar-refractivity contribution is -0.177. The minimum atomic E-state index is 0.0533. The van der Waals surface area contributed by atoms with Gasteiger partial charge in [0.05, 0.1) is 12.0 Å². The zero-order valence-electron chi connectivity index (χ0n) is 21.1. The van der Waals surface area contributed by atoms with Crippen LogP contribution in [0.1, 0.15) is 80.1 Å². The van der Waals surface area contributed by atoms with E-state index in [2.05, 4.69) is 78.0 Å². The Morgan fingerprint density at radius 1 is 1.19 bits per heavy atom. The van der Waals surface area contributed by atoms with E-state index in [0.29, 0.717) is 17.9 Å². The third kappa shape index (κ3) is 5.75. The molecule has 1 unspecified atom stereocenters. The summed E-state index contributed by atoms with van der Waals surface area (Å²) in [4.78, 5) is 2.41. The minimum absolute atomic E-state index is 0.0533. The molecule has 0 aromatic carbocycles. The summed E-state index contributed by atoms with van der Waals surface area (Å²) in [5, 5.41) is 9.54. The van der Waals surface area contributed by atoms with Crippen molar-refractivity contribution in [3.8, 4) is 17.9 Å². The predicted octanol–water partition coefficient (Wildman–Crippen LogP) is 6.14. The molecule has 0 heterocycles. The van der Waals surface area contributed by atoms with E-state index in [1.54, 1.807) is 0 Å². The van der Waals surface area contributed by atoms with Gasteiger partial charge in [-0.3, -0.25) is 4.90 Å². The lowest BCUT2D eigenvalue weighted by Gasteiger charge is -2.67. The molecule has 0 bridgehead atoms. The van der Waals surface area contributed by atoms with Crippen LogP contribution in [0, 0.1) is 57.7 Å². The van der Waals surface area contributed by atoms with Crippen LogP contribution in [0.4, 0.5) is 0 Å². The second kappa shape index (κ2) is 10.3. The van der Waals surface area contributed by atoms with E-state index in [1.165, 1.54) is 25.7 Å². The standard InChI is InChI=1S/C28H45N3/c1-9-10-23(18-29)17-25-27(4,5)26(28(25,6)7)31(8)19-24(30)21(3)13-16-22-14-11-20(2)12-15-22/h9,20,22-23,25-26H,1,10-12,14-15,17,19,30H2,2-8H3/b24-21-. The molecule has 0 radical (unpaired) electrons. The molecule has 2 aliphatic rings. The zero-order chi connectivity index (χ0) is 23.4. The molecule has 2 fully saturated rings. The number of nitrogens with zero attached hydrogens (tertiary/aromatic N) is 2. The van der Waals surface area contributed by atoms with Gasteiger partial charge in [-0.15, -0.1) is 6.58 Å². The maximum Gasteiger partial charge on any atom is 0.0659 e. The second-order valence-corrected chi connectivity index (χ2v) is 11.5. The van der Waals surface area contributed by atoms with E-state index in [0.717, 1.165) is 36.6 Å². The van der Waals surface area contributed by atoms with Crippen molar-refractivity contribution in [2.75, 3.05) is 13.6 Å². The summed E-state index contributed by atoms with van der Waals surface area (Å²) >= 11 is 0. The normalized spacial score (nSPS) is 30.8. The largest absolute Gasteiger partial charge is 0.400 e. The summed E-state index contributed by atoms with van der Waals surface area (Å²) in [6.07, 6.45) is 8.63. The molecule has 2 saturated carbocycles. The molecular formula is C28H45N3. The molecule has 0 aromatic heterocycles. The van der Waals surface area contributed by atoms with Crippen molar-refractivity contribution in [1.82, 2.24) is 4.90 Å². The van der Waals surface area contributed by atoms with Crippen molar-refractivity contribution in [3.05, 3.63) is 23.9 Å². The Morgan fingerprint density at radius 2 is 1.77 bits per heavy atom. The molecule has 172 valence electrons. The van der Waals surface area contributed by atoms with Gasteiger partial charge in [0, 0.05) is 29.8 Å². The molecule has 2 rings (SSSR count). The highest BCUT2D eigenvalue weighted by atomic mass is 15.2. The zero-order valence-corrected chi connectivity index (χ0v) is 21.1. The van der Waals surface area contributed by atoms with Crippen LogP contribution in [0.25, 0.3) is 0 Å². The number of likely N-dealkylation sites (N-methyl/N-ethyl adjacent to an activating group) is 1.